The Morgan fingerprint density at radius 3 is 2.81 bits per heavy atom. The number of amides is 1. The lowest BCUT2D eigenvalue weighted by Crippen LogP contribution is -2.39. The number of nitrogens with one attached hydrogen (secondary N) is 1. The predicted octanol–water partition coefficient (Wildman–Crippen LogP) is 1.01. The van der Waals surface area contributed by atoms with Gasteiger partial charge in [-0.15, -0.1) is 0 Å². The van der Waals surface area contributed by atoms with Crippen molar-refractivity contribution < 1.29 is 9.53 Å². The first-order chi connectivity index (χ1) is 7.56. The molecule has 0 aliphatic carbocycles. The standard InChI is InChI=1S/C11H17N3O2/c1-7(2)9(12)10(15)14-8-5-4-6-13-11(8)16-3/h4-7,9H,12H2,1-3H3,(H,14,15)/t9-/m1/s1. The topological polar surface area (TPSA) is 77.2 Å². The lowest BCUT2D eigenvalue weighted by molar-refractivity contribution is -0.118. The van der Waals surface area contributed by atoms with Crippen molar-refractivity contribution in [1.82, 2.24) is 4.98 Å². The summed E-state index contributed by atoms with van der Waals surface area (Å²) in [4.78, 5) is 15.7. The third kappa shape index (κ3) is 2.93. The van der Waals surface area contributed by atoms with E-state index in [9.17, 15) is 4.79 Å². The summed E-state index contributed by atoms with van der Waals surface area (Å²) in [6, 6.07) is 2.90. The van der Waals surface area contributed by atoms with Crippen molar-refractivity contribution in [3.8, 4) is 5.88 Å². The SMILES string of the molecule is COc1ncccc1NC(=O)[C@H](N)C(C)C. The number of hydrogen-bond donors (Lipinski definition) is 2. The molecule has 0 fully saturated rings. The minimum absolute atomic E-state index is 0.0858. The van der Waals surface area contributed by atoms with Gasteiger partial charge in [-0.25, -0.2) is 4.98 Å². The molecule has 3 N–H and O–H groups in total. The summed E-state index contributed by atoms with van der Waals surface area (Å²) in [6.45, 7) is 3.79. The van der Waals surface area contributed by atoms with E-state index < -0.39 is 6.04 Å². The van der Waals surface area contributed by atoms with Crippen molar-refractivity contribution in [2.24, 2.45) is 11.7 Å². The average Bonchev–Trinajstić information content (AvgIpc) is 2.28. The predicted molar refractivity (Wildman–Crippen MR) is 62.2 cm³/mol. The molecule has 5 heteroatoms. The van der Waals surface area contributed by atoms with Crippen LogP contribution in [0.25, 0.3) is 0 Å². The summed E-state index contributed by atoms with van der Waals surface area (Å²) in [7, 11) is 1.50. The third-order valence-electron chi connectivity index (χ3n) is 2.24. The van der Waals surface area contributed by atoms with E-state index in [1.54, 1.807) is 18.3 Å². The molecule has 0 unspecified atom stereocenters. The van der Waals surface area contributed by atoms with Crippen molar-refractivity contribution in [3.05, 3.63) is 18.3 Å². The normalized spacial score (nSPS) is 12.3. The largest absolute Gasteiger partial charge is 0.480 e. The van der Waals surface area contributed by atoms with Gasteiger partial charge in [-0.2, -0.15) is 0 Å². The summed E-state index contributed by atoms with van der Waals surface area (Å²) < 4.78 is 5.02. The van der Waals surface area contributed by atoms with E-state index in [-0.39, 0.29) is 11.8 Å². The molecule has 0 aliphatic rings. The molecule has 16 heavy (non-hydrogen) atoms. The highest BCUT2D eigenvalue weighted by molar-refractivity contribution is 5.95. The Balaban J connectivity index is 2.76. The second-order valence-electron chi connectivity index (χ2n) is 3.82. The average molecular weight is 223 g/mol. The fourth-order valence-electron chi connectivity index (χ4n) is 1.17. The van der Waals surface area contributed by atoms with Crippen molar-refractivity contribution >= 4 is 11.6 Å². The zero-order valence-corrected chi connectivity index (χ0v) is 9.73. The van der Waals surface area contributed by atoms with E-state index in [1.165, 1.54) is 7.11 Å². The number of nitrogens with two attached hydrogens (primary N) is 1. The highest BCUT2D eigenvalue weighted by atomic mass is 16.5. The van der Waals surface area contributed by atoms with Crippen LogP contribution < -0.4 is 15.8 Å². The first-order valence-corrected chi connectivity index (χ1v) is 5.11. The number of anilines is 1. The van der Waals surface area contributed by atoms with Crippen LogP contribution in [0.4, 0.5) is 5.69 Å². The molecule has 88 valence electrons. The first-order valence-electron chi connectivity index (χ1n) is 5.11. The van der Waals surface area contributed by atoms with Crippen LogP contribution in [-0.2, 0) is 4.79 Å². The molecule has 0 radical (unpaired) electrons. The summed E-state index contributed by atoms with van der Waals surface area (Å²) in [5.41, 5.74) is 6.26. The van der Waals surface area contributed by atoms with E-state index in [4.69, 9.17) is 10.5 Å². The summed E-state index contributed by atoms with van der Waals surface area (Å²) in [5.74, 6) is 0.232. The molecule has 1 amide bonds. The molecule has 0 spiro atoms. The Bertz CT molecular complexity index is 366. The quantitative estimate of drug-likeness (QED) is 0.798. The number of nitrogens with zero attached hydrogens (tertiary/aromatic N) is 1. The maximum Gasteiger partial charge on any atom is 0.241 e. The van der Waals surface area contributed by atoms with Crippen LogP contribution in [0, 0.1) is 5.92 Å². The number of aromatic nitrogens is 1. The van der Waals surface area contributed by atoms with Crippen molar-refractivity contribution in [1.29, 1.82) is 0 Å². The Labute approximate surface area is 95.0 Å². The maximum absolute atomic E-state index is 11.7. The Morgan fingerprint density at radius 2 is 2.25 bits per heavy atom. The van der Waals surface area contributed by atoms with E-state index in [1.807, 2.05) is 13.8 Å². The van der Waals surface area contributed by atoms with Gasteiger partial charge in [0, 0.05) is 6.20 Å². The second kappa shape index (κ2) is 5.46. The number of rotatable bonds is 4. The van der Waals surface area contributed by atoms with Gasteiger partial charge in [0.15, 0.2) is 0 Å². The monoisotopic (exact) mass is 223 g/mol. The molecule has 0 aliphatic heterocycles. The van der Waals surface area contributed by atoms with Gasteiger partial charge in [0.2, 0.25) is 11.8 Å². The van der Waals surface area contributed by atoms with E-state index in [0.29, 0.717) is 11.6 Å². The number of ether oxygens (including phenoxy) is 1. The Kier molecular flexibility index (Phi) is 4.25. The van der Waals surface area contributed by atoms with Crippen LogP contribution in [0.3, 0.4) is 0 Å². The molecule has 0 saturated heterocycles. The van der Waals surface area contributed by atoms with Crippen molar-refractivity contribution in [3.63, 3.8) is 0 Å². The van der Waals surface area contributed by atoms with Crippen molar-refractivity contribution in [2.45, 2.75) is 19.9 Å². The van der Waals surface area contributed by atoms with E-state index in [0.717, 1.165) is 0 Å². The van der Waals surface area contributed by atoms with E-state index >= 15 is 0 Å². The van der Waals surface area contributed by atoms with Gasteiger partial charge < -0.3 is 15.8 Å². The van der Waals surface area contributed by atoms with Gasteiger partial charge in [0.1, 0.15) is 5.69 Å². The van der Waals surface area contributed by atoms with Gasteiger partial charge >= 0.3 is 0 Å². The fourth-order valence-corrected chi connectivity index (χ4v) is 1.17. The summed E-state index contributed by atoms with van der Waals surface area (Å²) in [6.07, 6.45) is 1.59. The lowest BCUT2D eigenvalue weighted by Gasteiger charge is -2.16. The first kappa shape index (κ1) is 12.4. The highest BCUT2D eigenvalue weighted by Crippen LogP contribution is 2.20. The van der Waals surface area contributed by atoms with Crippen LogP contribution in [0.15, 0.2) is 18.3 Å². The lowest BCUT2D eigenvalue weighted by atomic mass is 10.1. The molecule has 5 nitrogen and oxygen atoms in total. The van der Waals surface area contributed by atoms with Gasteiger partial charge in [-0.05, 0) is 18.1 Å². The highest BCUT2D eigenvalue weighted by Gasteiger charge is 2.18. The van der Waals surface area contributed by atoms with Crippen LogP contribution in [0.5, 0.6) is 5.88 Å². The molecule has 0 bridgehead atoms. The van der Waals surface area contributed by atoms with Crippen LogP contribution in [-0.4, -0.2) is 24.0 Å². The molecule has 0 saturated carbocycles. The molecular formula is C11H17N3O2. The molecule has 1 aromatic heterocycles. The summed E-state index contributed by atoms with van der Waals surface area (Å²) in [5, 5.41) is 2.69. The van der Waals surface area contributed by atoms with Crippen LogP contribution in [0.1, 0.15) is 13.8 Å². The molecule has 0 aromatic carbocycles. The van der Waals surface area contributed by atoms with Crippen molar-refractivity contribution in [2.75, 3.05) is 12.4 Å². The smallest absolute Gasteiger partial charge is 0.241 e. The van der Waals surface area contributed by atoms with Gasteiger partial charge in [0.05, 0.1) is 13.2 Å². The molecule has 1 rings (SSSR count). The third-order valence-corrected chi connectivity index (χ3v) is 2.24. The Morgan fingerprint density at radius 1 is 1.56 bits per heavy atom. The minimum atomic E-state index is -0.537. The number of carbonyl (C=O) groups excluding carboxylic acids is 1. The van der Waals surface area contributed by atoms with Crippen LogP contribution in [0.2, 0.25) is 0 Å². The minimum Gasteiger partial charge on any atom is -0.480 e. The molecule has 1 atom stereocenters. The van der Waals surface area contributed by atoms with Gasteiger partial charge in [-0.1, -0.05) is 13.8 Å². The zero-order valence-electron chi connectivity index (χ0n) is 9.73. The second-order valence-corrected chi connectivity index (χ2v) is 3.82. The van der Waals surface area contributed by atoms with Crippen LogP contribution >= 0.6 is 0 Å². The summed E-state index contributed by atoms with van der Waals surface area (Å²) >= 11 is 0. The molecule has 1 aromatic rings. The van der Waals surface area contributed by atoms with Gasteiger partial charge in [0.25, 0.3) is 0 Å². The number of methoxy groups -OCH3 is 1. The fraction of sp³-hybridized carbons (Fsp3) is 0.455. The zero-order chi connectivity index (χ0) is 12.1. The number of hydrogen-bond acceptors (Lipinski definition) is 4. The Hall–Kier alpha value is -1.62. The number of carbonyl (C=O) groups is 1. The number of pyridine rings is 1. The van der Waals surface area contributed by atoms with E-state index in [2.05, 4.69) is 10.3 Å². The molecule has 1 heterocycles. The van der Waals surface area contributed by atoms with Gasteiger partial charge in [-0.3, -0.25) is 4.79 Å². The maximum atomic E-state index is 11.7. The molecular weight excluding hydrogens is 206 g/mol.